The van der Waals surface area contributed by atoms with E-state index in [2.05, 4.69) is 34.3 Å². The van der Waals surface area contributed by atoms with Gasteiger partial charge in [0.2, 0.25) is 5.82 Å². The number of fused-ring (bicyclic) bond motifs is 3. The first-order valence-corrected chi connectivity index (χ1v) is 9.98. The molecule has 1 aliphatic rings. The third-order valence-corrected chi connectivity index (χ3v) is 4.98. The zero-order valence-electron chi connectivity index (χ0n) is 17.6. The van der Waals surface area contributed by atoms with Crippen LogP contribution in [0.1, 0.15) is 49.8 Å². The highest BCUT2D eigenvalue weighted by Crippen LogP contribution is 2.34. The minimum Gasteiger partial charge on any atom is -0.491 e. The van der Waals surface area contributed by atoms with Crippen LogP contribution >= 0.6 is 0 Å². The van der Waals surface area contributed by atoms with Gasteiger partial charge in [0.25, 0.3) is 5.91 Å². The van der Waals surface area contributed by atoms with Crippen LogP contribution in [0, 0.1) is 0 Å². The Bertz CT molecular complexity index is 1080. The number of aliphatic hydroxyl groups excluding tert-OH is 1. The molecule has 4 rings (SSSR count). The molecule has 1 amide bonds. The number of imidazole rings is 1. The fourth-order valence-electron chi connectivity index (χ4n) is 3.20. The van der Waals surface area contributed by atoms with Gasteiger partial charge in [-0.25, -0.2) is 9.97 Å². The van der Waals surface area contributed by atoms with Crippen LogP contribution in [-0.2, 0) is 6.54 Å². The number of aromatic nitrogens is 5. The molecule has 1 aromatic carbocycles. The Morgan fingerprint density at radius 2 is 2.17 bits per heavy atom. The number of carbonyl (C=O) groups excluding carboxylic acids is 1. The molecular formula is C21H26N6O3. The second-order valence-corrected chi connectivity index (χ2v) is 8.40. The van der Waals surface area contributed by atoms with Gasteiger partial charge < -0.3 is 19.7 Å². The number of carbonyl (C=O) groups is 1. The molecule has 3 aromatic rings. The lowest BCUT2D eigenvalue weighted by Crippen LogP contribution is -2.46. The van der Waals surface area contributed by atoms with Crippen LogP contribution in [0.5, 0.6) is 5.75 Å². The van der Waals surface area contributed by atoms with Crippen LogP contribution in [0.3, 0.4) is 0 Å². The van der Waals surface area contributed by atoms with Crippen molar-refractivity contribution in [1.82, 2.24) is 30.0 Å². The van der Waals surface area contributed by atoms with Crippen molar-refractivity contribution in [2.24, 2.45) is 0 Å². The number of hydrogen-bond acceptors (Lipinski definition) is 6. The lowest BCUT2D eigenvalue weighted by molar-refractivity contribution is 0.0869. The monoisotopic (exact) mass is 410 g/mol. The standard InChI is InChI=1S/C21H26N6O3/c1-12(2)17-23-18(26-25-17)15-10-27-7-8-30-16-9-13(5-6-14(16)19(27)22-15)20(29)24-21(3,4)11-28/h5-6,9-10,12,28H,7-8,11H2,1-4H3,(H,24,29)(H,23,25,26). The fourth-order valence-corrected chi connectivity index (χ4v) is 3.20. The summed E-state index contributed by atoms with van der Waals surface area (Å²) in [6, 6.07) is 5.28. The van der Waals surface area contributed by atoms with Crippen molar-refractivity contribution in [3.05, 3.63) is 35.8 Å². The normalized spacial score (nSPS) is 13.4. The highest BCUT2D eigenvalue weighted by molar-refractivity contribution is 5.96. The average Bonchev–Trinajstić information content (AvgIpc) is 3.32. The molecule has 9 heteroatoms. The van der Waals surface area contributed by atoms with E-state index in [1.54, 1.807) is 26.0 Å². The summed E-state index contributed by atoms with van der Waals surface area (Å²) in [5.74, 6) is 2.70. The van der Waals surface area contributed by atoms with Crippen molar-refractivity contribution in [2.75, 3.05) is 13.2 Å². The second-order valence-electron chi connectivity index (χ2n) is 8.40. The maximum Gasteiger partial charge on any atom is 0.251 e. The number of aliphatic hydroxyl groups is 1. The molecule has 1 aliphatic heterocycles. The van der Waals surface area contributed by atoms with Gasteiger partial charge in [-0.05, 0) is 32.0 Å². The molecule has 0 bridgehead atoms. The number of hydrogen-bond donors (Lipinski definition) is 3. The Balaban J connectivity index is 1.67. The maximum absolute atomic E-state index is 12.6. The first-order chi connectivity index (χ1) is 14.3. The number of nitrogens with zero attached hydrogens (tertiary/aromatic N) is 4. The summed E-state index contributed by atoms with van der Waals surface area (Å²) < 4.78 is 7.91. The van der Waals surface area contributed by atoms with Crippen LogP contribution in [0.4, 0.5) is 0 Å². The maximum atomic E-state index is 12.6. The summed E-state index contributed by atoms with van der Waals surface area (Å²) in [5, 5.41) is 19.5. The van der Waals surface area contributed by atoms with E-state index in [-0.39, 0.29) is 18.4 Å². The molecule has 3 N–H and O–H groups in total. The lowest BCUT2D eigenvalue weighted by atomic mass is 10.0. The summed E-state index contributed by atoms with van der Waals surface area (Å²) >= 11 is 0. The molecule has 9 nitrogen and oxygen atoms in total. The molecule has 3 heterocycles. The van der Waals surface area contributed by atoms with Gasteiger partial charge in [-0.1, -0.05) is 13.8 Å². The molecule has 30 heavy (non-hydrogen) atoms. The van der Waals surface area contributed by atoms with E-state index in [1.807, 2.05) is 16.8 Å². The molecular weight excluding hydrogens is 384 g/mol. The molecule has 0 saturated heterocycles. The van der Waals surface area contributed by atoms with Crippen LogP contribution in [0.25, 0.3) is 22.9 Å². The Morgan fingerprint density at radius 1 is 1.37 bits per heavy atom. The highest BCUT2D eigenvalue weighted by Gasteiger charge is 2.24. The average molecular weight is 410 g/mol. The quantitative estimate of drug-likeness (QED) is 0.594. The van der Waals surface area contributed by atoms with E-state index in [4.69, 9.17) is 9.72 Å². The molecule has 0 fully saturated rings. The van der Waals surface area contributed by atoms with E-state index in [0.717, 1.165) is 17.2 Å². The number of rotatable bonds is 5. The van der Waals surface area contributed by atoms with Gasteiger partial charge in [-0.2, -0.15) is 5.10 Å². The van der Waals surface area contributed by atoms with Crippen LogP contribution in [0.15, 0.2) is 24.4 Å². The van der Waals surface area contributed by atoms with Gasteiger partial charge in [0.1, 0.15) is 29.7 Å². The third kappa shape index (κ3) is 3.80. The first kappa shape index (κ1) is 20.1. The summed E-state index contributed by atoms with van der Waals surface area (Å²) in [6.45, 7) is 8.55. The SMILES string of the molecule is CC(C)c1nc(-c2cn3c(n2)-c2ccc(C(=O)NC(C)(C)CO)cc2OCC3)n[nH]1. The van der Waals surface area contributed by atoms with Crippen molar-refractivity contribution < 1.29 is 14.6 Å². The highest BCUT2D eigenvalue weighted by atomic mass is 16.5. The number of ether oxygens (including phenoxy) is 1. The zero-order chi connectivity index (χ0) is 21.5. The zero-order valence-corrected chi connectivity index (χ0v) is 17.6. The van der Waals surface area contributed by atoms with Crippen molar-refractivity contribution in [2.45, 2.75) is 45.7 Å². The Morgan fingerprint density at radius 3 is 2.87 bits per heavy atom. The lowest BCUT2D eigenvalue weighted by Gasteiger charge is -2.23. The molecule has 0 atom stereocenters. The van der Waals surface area contributed by atoms with Crippen molar-refractivity contribution in [1.29, 1.82) is 0 Å². The molecule has 0 saturated carbocycles. The molecule has 158 valence electrons. The van der Waals surface area contributed by atoms with Gasteiger partial charge in [0.05, 0.1) is 24.3 Å². The molecule has 0 unspecified atom stereocenters. The smallest absolute Gasteiger partial charge is 0.251 e. The number of amides is 1. The number of aromatic amines is 1. The van der Waals surface area contributed by atoms with Crippen molar-refractivity contribution >= 4 is 5.91 Å². The van der Waals surface area contributed by atoms with Crippen molar-refractivity contribution in [3.63, 3.8) is 0 Å². The van der Waals surface area contributed by atoms with Gasteiger partial charge in [-0.3, -0.25) is 9.89 Å². The Kier molecular flexibility index (Phi) is 5.07. The second kappa shape index (κ2) is 7.56. The van der Waals surface area contributed by atoms with Crippen LogP contribution < -0.4 is 10.1 Å². The minimum absolute atomic E-state index is 0.153. The van der Waals surface area contributed by atoms with Gasteiger partial charge in [-0.15, -0.1) is 0 Å². The van der Waals surface area contributed by atoms with Gasteiger partial charge >= 0.3 is 0 Å². The van der Waals surface area contributed by atoms with Gasteiger partial charge in [0, 0.05) is 17.7 Å². The molecule has 0 radical (unpaired) electrons. The predicted molar refractivity (Wildman–Crippen MR) is 111 cm³/mol. The third-order valence-electron chi connectivity index (χ3n) is 4.98. The summed E-state index contributed by atoms with van der Waals surface area (Å²) in [4.78, 5) is 21.8. The summed E-state index contributed by atoms with van der Waals surface area (Å²) in [7, 11) is 0. The summed E-state index contributed by atoms with van der Waals surface area (Å²) in [6.07, 6.45) is 1.92. The fraction of sp³-hybridized carbons (Fsp3) is 0.429. The van der Waals surface area contributed by atoms with E-state index in [1.165, 1.54) is 0 Å². The topological polar surface area (TPSA) is 118 Å². The number of benzene rings is 1. The summed E-state index contributed by atoms with van der Waals surface area (Å²) in [5.41, 5.74) is 1.25. The number of nitrogens with one attached hydrogen (secondary N) is 2. The number of H-pyrrole nitrogens is 1. The van der Waals surface area contributed by atoms with Gasteiger partial charge in [0.15, 0.2) is 0 Å². The molecule has 0 spiro atoms. The van der Waals surface area contributed by atoms with E-state index >= 15 is 0 Å². The van der Waals surface area contributed by atoms with E-state index in [9.17, 15) is 9.90 Å². The van der Waals surface area contributed by atoms with Crippen LogP contribution in [-0.4, -0.2) is 54.5 Å². The first-order valence-electron chi connectivity index (χ1n) is 9.98. The largest absolute Gasteiger partial charge is 0.491 e. The van der Waals surface area contributed by atoms with Crippen molar-refractivity contribution in [3.8, 4) is 28.7 Å². The Labute approximate surface area is 174 Å². The van der Waals surface area contributed by atoms with E-state index in [0.29, 0.717) is 36.0 Å². The minimum atomic E-state index is -0.707. The van der Waals surface area contributed by atoms with E-state index < -0.39 is 5.54 Å². The van der Waals surface area contributed by atoms with Crippen LogP contribution in [0.2, 0.25) is 0 Å². The molecule has 2 aromatic heterocycles. The predicted octanol–water partition coefficient (Wildman–Crippen LogP) is 2.35. The molecule has 0 aliphatic carbocycles. The Hall–Kier alpha value is -3.20.